The maximum Gasteiger partial charge on any atom is 0.182 e. The molecule has 0 atom stereocenters. The Morgan fingerprint density at radius 3 is 2.14 bits per heavy atom. The first-order chi connectivity index (χ1) is 20.5. The normalized spacial score (nSPS) is 12.5. The number of ketones is 1. The molecule has 0 radical (unpaired) electrons. The highest BCUT2D eigenvalue weighted by Crippen LogP contribution is 2.32. The van der Waals surface area contributed by atoms with E-state index >= 15 is 0 Å². The van der Waals surface area contributed by atoms with E-state index in [9.17, 15) is 4.79 Å². The first-order valence-electron chi connectivity index (χ1n) is 13.8. The third-order valence-corrected chi connectivity index (χ3v) is 8.06. The second-order valence-electron chi connectivity index (χ2n) is 10.5. The summed E-state index contributed by atoms with van der Waals surface area (Å²) in [5.74, 6) is 6.67. The summed E-state index contributed by atoms with van der Waals surface area (Å²) in [7, 11) is 0. The van der Waals surface area contributed by atoms with Gasteiger partial charge in [0.05, 0.1) is 56.9 Å². The zero-order valence-corrected chi connectivity index (χ0v) is 23.2. The number of aromatic nitrogens is 10. The molecule has 2 aliphatic rings. The molecular weight excluding hydrogens is 528 g/mol. The van der Waals surface area contributed by atoms with Crippen LogP contribution in [0.3, 0.4) is 0 Å². The van der Waals surface area contributed by atoms with Crippen LogP contribution in [0, 0.1) is 25.7 Å². The van der Waals surface area contributed by atoms with Gasteiger partial charge in [0.25, 0.3) is 0 Å². The Morgan fingerprint density at radius 2 is 1.40 bits per heavy atom. The molecule has 0 unspecified atom stereocenters. The molecule has 204 valence electrons. The van der Waals surface area contributed by atoms with Gasteiger partial charge in [0.1, 0.15) is 24.0 Å². The number of carbonyl (C=O) groups excluding carboxylic acids is 1. The molecule has 8 rings (SSSR count). The summed E-state index contributed by atoms with van der Waals surface area (Å²) >= 11 is 0. The SMILES string of the molecule is CCC(=O)c1ncn2c1Cc1c(C)nnn1-c1ccc(C#Cc3ncn4c3Cc3c(C)nnn3-c3ccccc3-4)cc1-2. The largest absolute Gasteiger partial charge is 0.300 e. The molecule has 42 heavy (non-hydrogen) atoms. The van der Waals surface area contributed by atoms with Crippen molar-refractivity contribution in [1.82, 2.24) is 49.1 Å². The van der Waals surface area contributed by atoms with Crippen LogP contribution in [0.5, 0.6) is 0 Å². The van der Waals surface area contributed by atoms with Gasteiger partial charge in [0, 0.05) is 24.8 Å². The maximum atomic E-state index is 12.8. The van der Waals surface area contributed by atoms with Gasteiger partial charge in [0.15, 0.2) is 5.78 Å². The average molecular weight is 553 g/mol. The molecule has 6 aromatic rings. The molecule has 4 aromatic heterocycles. The Labute approximate surface area is 240 Å². The predicted octanol–water partition coefficient (Wildman–Crippen LogP) is 3.64. The minimum Gasteiger partial charge on any atom is -0.300 e. The van der Waals surface area contributed by atoms with E-state index in [1.807, 2.05) is 77.4 Å². The molecule has 0 N–H and O–H groups in total. The summed E-state index contributed by atoms with van der Waals surface area (Å²) in [5, 5.41) is 17.5. The number of hydrogen-bond donors (Lipinski definition) is 0. The van der Waals surface area contributed by atoms with Crippen LogP contribution in [0.25, 0.3) is 22.7 Å². The molecule has 0 bridgehead atoms. The molecule has 11 nitrogen and oxygen atoms in total. The minimum atomic E-state index is 0.00801. The number of imidazole rings is 2. The summed E-state index contributed by atoms with van der Waals surface area (Å²) in [5.41, 5.74) is 11.1. The number of aryl methyl sites for hydroxylation is 2. The van der Waals surface area contributed by atoms with Crippen LogP contribution in [-0.4, -0.2) is 54.9 Å². The molecule has 0 amide bonds. The van der Waals surface area contributed by atoms with E-state index in [4.69, 9.17) is 4.98 Å². The van der Waals surface area contributed by atoms with E-state index in [1.54, 1.807) is 6.33 Å². The molecule has 11 heteroatoms. The standard InChI is InChI=1S/C31H24N10O/c1-4-30(42)31-29-15-26-19(3)35-37-41(26)24-12-10-20(13-28(24)39(29)17-33-31)9-11-21-27-14-25-18(2)34-36-40(25)23-8-6-5-7-22(23)38(27)16-32-21/h5-8,10,12-13,16-17H,4,14-15H2,1-3H3. The molecule has 0 saturated carbocycles. The fourth-order valence-corrected chi connectivity index (χ4v) is 5.82. The van der Waals surface area contributed by atoms with E-state index in [-0.39, 0.29) is 5.78 Å². The topological polar surface area (TPSA) is 114 Å². The average Bonchev–Trinajstić information content (AvgIpc) is 3.76. The van der Waals surface area contributed by atoms with Gasteiger partial charge in [-0.1, -0.05) is 35.4 Å². The lowest BCUT2D eigenvalue weighted by Crippen LogP contribution is -2.06. The van der Waals surface area contributed by atoms with Crippen LogP contribution >= 0.6 is 0 Å². The van der Waals surface area contributed by atoms with Crippen molar-refractivity contribution in [2.75, 3.05) is 0 Å². The lowest BCUT2D eigenvalue weighted by Gasteiger charge is -2.10. The van der Waals surface area contributed by atoms with Gasteiger partial charge < -0.3 is 0 Å². The van der Waals surface area contributed by atoms with E-state index in [1.165, 1.54) is 0 Å². The molecular formula is C31H24N10O. The third-order valence-electron chi connectivity index (χ3n) is 8.06. The van der Waals surface area contributed by atoms with E-state index in [2.05, 4.69) is 48.1 Å². The number of hydrogen-bond acceptors (Lipinski definition) is 7. The molecule has 0 fully saturated rings. The molecule has 0 spiro atoms. The summed E-state index contributed by atoms with van der Waals surface area (Å²) in [6.45, 7) is 5.76. The second kappa shape index (κ2) is 8.94. The fraction of sp³-hybridized carbons (Fsp3) is 0.194. The van der Waals surface area contributed by atoms with Crippen LogP contribution in [0.15, 0.2) is 55.1 Å². The smallest absolute Gasteiger partial charge is 0.182 e. The van der Waals surface area contributed by atoms with Crippen molar-refractivity contribution in [3.05, 3.63) is 106 Å². The van der Waals surface area contributed by atoms with Gasteiger partial charge in [-0.25, -0.2) is 19.3 Å². The Bertz CT molecular complexity index is 2150. The van der Waals surface area contributed by atoms with E-state index in [0.29, 0.717) is 30.7 Å². The number of Topliss-reactive ketones (excluding diaryl/α,β-unsaturated/α-hetero) is 1. The summed E-state index contributed by atoms with van der Waals surface area (Å²) < 4.78 is 7.82. The highest BCUT2D eigenvalue weighted by atomic mass is 16.1. The van der Waals surface area contributed by atoms with Gasteiger partial charge in [-0.05, 0) is 50.1 Å². The third kappa shape index (κ3) is 3.45. The molecule has 0 saturated heterocycles. The zero-order chi connectivity index (χ0) is 28.5. The van der Waals surface area contributed by atoms with Gasteiger partial charge in [-0.3, -0.25) is 13.9 Å². The summed E-state index contributed by atoms with van der Waals surface area (Å²) in [4.78, 5) is 22.0. The molecule has 6 heterocycles. The summed E-state index contributed by atoms with van der Waals surface area (Å²) in [6, 6.07) is 14.1. The highest BCUT2D eigenvalue weighted by Gasteiger charge is 2.27. The van der Waals surface area contributed by atoms with Gasteiger partial charge in [-0.2, -0.15) is 0 Å². The van der Waals surface area contributed by atoms with Gasteiger partial charge in [-0.15, -0.1) is 10.2 Å². The lowest BCUT2D eigenvalue weighted by molar-refractivity contribution is 0.0983. The zero-order valence-electron chi connectivity index (χ0n) is 23.2. The van der Waals surface area contributed by atoms with Gasteiger partial charge in [0.2, 0.25) is 0 Å². The first kappa shape index (κ1) is 24.2. The van der Waals surface area contributed by atoms with Crippen molar-refractivity contribution in [3.8, 4) is 34.6 Å². The number of benzene rings is 2. The van der Waals surface area contributed by atoms with Crippen molar-refractivity contribution < 1.29 is 4.79 Å². The van der Waals surface area contributed by atoms with Crippen LogP contribution in [-0.2, 0) is 12.8 Å². The quantitative estimate of drug-likeness (QED) is 0.238. The second-order valence-corrected chi connectivity index (χ2v) is 10.5. The highest BCUT2D eigenvalue weighted by molar-refractivity contribution is 5.95. The van der Waals surface area contributed by atoms with Crippen molar-refractivity contribution in [2.45, 2.75) is 40.0 Å². The van der Waals surface area contributed by atoms with Crippen molar-refractivity contribution in [2.24, 2.45) is 0 Å². The van der Waals surface area contributed by atoms with Crippen LogP contribution in [0.4, 0.5) is 0 Å². The minimum absolute atomic E-state index is 0.00801. The number of nitrogens with zero attached hydrogens (tertiary/aromatic N) is 10. The first-order valence-corrected chi connectivity index (χ1v) is 13.8. The van der Waals surface area contributed by atoms with Crippen LogP contribution in [0.1, 0.15) is 69.3 Å². The number of para-hydroxylation sites is 2. The van der Waals surface area contributed by atoms with Gasteiger partial charge >= 0.3 is 0 Å². The van der Waals surface area contributed by atoms with Crippen molar-refractivity contribution >= 4 is 5.78 Å². The number of fused-ring (bicyclic) bond motifs is 10. The molecule has 0 aliphatic carbocycles. The Morgan fingerprint density at radius 1 is 0.762 bits per heavy atom. The summed E-state index contributed by atoms with van der Waals surface area (Å²) in [6.07, 6.45) is 5.03. The van der Waals surface area contributed by atoms with Crippen molar-refractivity contribution in [3.63, 3.8) is 0 Å². The maximum absolute atomic E-state index is 12.8. The van der Waals surface area contributed by atoms with Crippen LogP contribution < -0.4 is 0 Å². The molecule has 2 aromatic carbocycles. The Balaban J connectivity index is 1.25. The Hall–Kier alpha value is -5.63. The lowest BCUT2D eigenvalue weighted by atomic mass is 10.1. The number of carbonyl (C=O) groups is 1. The molecule has 2 aliphatic heterocycles. The monoisotopic (exact) mass is 552 g/mol. The van der Waals surface area contributed by atoms with Crippen LogP contribution in [0.2, 0.25) is 0 Å². The Kier molecular flexibility index (Phi) is 5.15. The van der Waals surface area contributed by atoms with E-state index in [0.717, 1.165) is 62.5 Å². The number of rotatable bonds is 2. The van der Waals surface area contributed by atoms with Crippen molar-refractivity contribution in [1.29, 1.82) is 0 Å². The predicted molar refractivity (Wildman–Crippen MR) is 153 cm³/mol. The fourth-order valence-electron chi connectivity index (χ4n) is 5.82. The van der Waals surface area contributed by atoms with E-state index < -0.39 is 0 Å².